The minimum absolute atomic E-state index is 0.0282. The summed E-state index contributed by atoms with van der Waals surface area (Å²) in [5, 5.41) is 2.75. The van der Waals surface area contributed by atoms with E-state index in [1.54, 1.807) is 0 Å². The summed E-state index contributed by atoms with van der Waals surface area (Å²) in [7, 11) is -3.34. The molecule has 1 aliphatic rings. The summed E-state index contributed by atoms with van der Waals surface area (Å²) in [4.78, 5) is 11.9. The third-order valence-corrected chi connectivity index (χ3v) is 6.32. The fourth-order valence-electron chi connectivity index (χ4n) is 2.94. The van der Waals surface area contributed by atoms with Gasteiger partial charge in [0.15, 0.2) is 0 Å². The van der Waals surface area contributed by atoms with Crippen LogP contribution in [0.1, 0.15) is 37.8 Å². The fraction of sp³-hybridized carbons (Fsp3) is 0.588. The maximum atomic E-state index is 12.5. The number of rotatable bonds is 7. The summed E-state index contributed by atoms with van der Waals surface area (Å²) in [6, 6.07) is 7.95. The van der Waals surface area contributed by atoms with E-state index in [-0.39, 0.29) is 24.1 Å². The van der Waals surface area contributed by atoms with Crippen LogP contribution in [0.4, 0.5) is 0 Å². The summed E-state index contributed by atoms with van der Waals surface area (Å²) >= 11 is 0. The first-order chi connectivity index (χ1) is 11.0. The lowest BCUT2D eigenvalue weighted by Crippen LogP contribution is -2.41. The molecule has 1 aromatic carbocycles. The molecule has 1 N–H and O–H groups in total. The molecule has 0 radical (unpaired) electrons. The standard InChI is InChI=1S/C17H26N2O3S/c1-3-14(4-2)17(20)18-10-12-23(21,22)19-11-9-15-7-5-6-8-16(15)13-19/h5-8,14H,3-4,9-13H2,1-2H3,(H,18,20). The Morgan fingerprint density at radius 2 is 1.87 bits per heavy atom. The smallest absolute Gasteiger partial charge is 0.223 e. The number of fused-ring (bicyclic) bond motifs is 1. The third-order valence-electron chi connectivity index (χ3n) is 4.50. The van der Waals surface area contributed by atoms with Crippen LogP contribution in [0.5, 0.6) is 0 Å². The number of nitrogens with one attached hydrogen (secondary N) is 1. The van der Waals surface area contributed by atoms with E-state index in [0.29, 0.717) is 13.1 Å². The van der Waals surface area contributed by atoms with Crippen LogP contribution < -0.4 is 5.32 Å². The highest BCUT2D eigenvalue weighted by Crippen LogP contribution is 2.20. The van der Waals surface area contributed by atoms with Crippen molar-refractivity contribution >= 4 is 15.9 Å². The molecule has 6 heteroatoms. The number of carbonyl (C=O) groups excluding carboxylic acids is 1. The molecule has 128 valence electrons. The van der Waals surface area contributed by atoms with Crippen molar-refractivity contribution in [3.05, 3.63) is 35.4 Å². The van der Waals surface area contributed by atoms with E-state index < -0.39 is 10.0 Å². The van der Waals surface area contributed by atoms with Crippen molar-refractivity contribution in [3.8, 4) is 0 Å². The predicted molar refractivity (Wildman–Crippen MR) is 91.4 cm³/mol. The van der Waals surface area contributed by atoms with Crippen LogP contribution in [0.2, 0.25) is 0 Å². The van der Waals surface area contributed by atoms with Gasteiger partial charge in [0, 0.05) is 25.6 Å². The lowest BCUT2D eigenvalue weighted by atomic mass is 10.0. The van der Waals surface area contributed by atoms with Gasteiger partial charge in [-0.1, -0.05) is 38.1 Å². The quantitative estimate of drug-likeness (QED) is 0.826. The van der Waals surface area contributed by atoms with E-state index >= 15 is 0 Å². The zero-order valence-electron chi connectivity index (χ0n) is 13.9. The van der Waals surface area contributed by atoms with Crippen molar-refractivity contribution in [3.63, 3.8) is 0 Å². The van der Waals surface area contributed by atoms with Crippen LogP contribution in [-0.2, 0) is 27.8 Å². The molecule has 0 fully saturated rings. The first kappa shape index (κ1) is 17.9. The molecule has 23 heavy (non-hydrogen) atoms. The molecule has 0 aromatic heterocycles. The predicted octanol–water partition coefficient (Wildman–Crippen LogP) is 1.93. The fourth-order valence-corrected chi connectivity index (χ4v) is 4.27. The summed E-state index contributed by atoms with van der Waals surface area (Å²) in [6.07, 6.45) is 2.30. The summed E-state index contributed by atoms with van der Waals surface area (Å²) < 4.78 is 26.4. The van der Waals surface area contributed by atoms with E-state index in [1.165, 1.54) is 9.87 Å². The largest absolute Gasteiger partial charge is 0.355 e. The normalized spacial score (nSPS) is 15.4. The topological polar surface area (TPSA) is 66.5 Å². The van der Waals surface area contributed by atoms with Gasteiger partial charge >= 0.3 is 0 Å². The van der Waals surface area contributed by atoms with Crippen LogP contribution in [0.25, 0.3) is 0 Å². The third kappa shape index (κ3) is 4.54. The average molecular weight is 338 g/mol. The molecule has 0 saturated heterocycles. The Hall–Kier alpha value is -1.40. The first-order valence-electron chi connectivity index (χ1n) is 8.30. The van der Waals surface area contributed by atoms with Crippen LogP contribution in [-0.4, -0.2) is 37.5 Å². The molecule has 0 atom stereocenters. The van der Waals surface area contributed by atoms with Gasteiger partial charge in [0.1, 0.15) is 0 Å². The van der Waals surface area contributed by atoms with Crippen molar-refractivity contribution in [1.29, 1.82) is 0 Å². The Balaban J connectivity index is 1.89. The Morgan fingerprint density at radius 1 is 1.22 bits per heavy atom. The van der Waals surface area contributed by atoms with Crippen molar-refractivity contribution in [2.24, 2.45) is 5.92 Å². The van der Waals surface area contributed by atoms with Crippen LogP contribution in [0.3, 0.4) is 0 Å². The van der Waals surface area contributed by atoms with Crippen molar-refractivity contribution in [2.75, 3.05) is 18.8 Å². The van der Waals surface area contributed by atoms with Gasteiger partial charge in [-0.2, -0.15) is 4.31 Å². The monoisotopic (exact) mass is 338 g/mol. The molecule has 5 nitrogen and oxygen atoms in total. The second kappa shape index (κ2) is 7.93. The molecule has 1 aliphatic heterocycles. The van der Waals surface area contributed by atoms with Crippen LogP contribution in [0, 0.1) is 5.92 Å². The van der Waals surface area contributed by atoms with Gasteiger partial charge in [0.25, 0.3) is 0 Å². The number of hydrogen-bond donors (Lipinski definition) is 1. The van der Waals surface area contributed by atoms with Gasteiger partial charge in [0.05, 0.1) is 5.75 Å². The molecule has 0 unspecified atom stereocenters. The van der Waals surface area contributed by atoms with Crippen LogP contribution >= 0.6 is 0 Å². The number of sulfonamides is 1. The maximum Gasteiger partial charge on any atom is 0.223 e. The highest BCUT2D eigenvalue weighted by atomic mass is 32.2. The Morgan fingerprint density at radius 3 is 2.52 bits per heavy atom. The van der Waals surface area contributed by atoms with Gasteiger partial charge < -0.3 is 5.32 Å². The summed E-state index contributed by atoms with van der Waals surface area (Å²) in [6.45, 7) is 5.06. The molecule has 0 saturated carbocycles. The molecule has 0 bridgehead atoms. The van der Waals surface area contributed by atoms with Crippen molar-refractivity contribution in [2.45, 2.75) is 39.7 Å². The second-order valence-corrected chi connectivity index (χ2v) is 8.06. The zero-order chi connectivity index (χ0) is 16.9. The molecule has 1 heterocycles. The second-order valence-electron chi connectivity index (χ2n) is 5.97. The SMILES string of the molecule is CCC(CC)C(=O)NCCS(=O)(=O)N1CCc2ccccc2C1. The molecule has 0 aliphatic carbocycles. The highest BCUT2D eigenvalue weighted by Gasteiger charge is 2.26. The average Bonchev–Trinajstić information content (AvgIpc) is 2.55. The molecular formula is C17H26N2O3S. The van der Waals surface area contributed by atoms with E-state index in [9.17, 15) is 13.2 Å². The Labute approximate surface area is 139 Å². The number of nitrogens with zero attached hydrogens (tertiary/aromatic N) is 1. The maximum absolute atomic E-state index is 12.5. The first-order valence-corrected chi connectivity index (χ1v) is 9.91. The zero-order valence-corrected chi connectivity index (χ0v) is 14.7. The number of benzene rings is 1. The molecule has 2 rings (SSSR count). The van der Waals surface area contributed by atoms with Crippen molar-refractivity contribution in [1.82, 2.24) is 9.62 Å². The lowest BCUT2D eigenvalue weighted by Gasteiger charge is -2.28. The number of hydrogen-bond acceptors (Lipinski definition) is 3. The van der Waals surface area contributed by atoms with Gasteiger partial charge in [-0.15, -0.1) is 0 Å². The van der Waals surface area contributed by atoms with Gasteiger partial charge in [0.2, 0.25) is 15.9 Å². The Bertz CT molecular complexity index is 639. The van der Waals surface area contributed by atoms with E-state index in [1.807, 2.05) is 32.0 Å². The summed E-state index contributed by atoms with van der Waals surface area (Å²) in [5.41, 5.74) is 2.30. The molecule has 0 spiro atoms. The minimum atomic E-state index is -3.34. The molecule has 1 aromatic rings. The molecular weight excluding hydrogens is 312 g/mol. The van der Waals surface area contributed by atoms with E-state index in [4.69, 9.17) is 0 Å². The van der Waals surface area contributed by atoms with Crippen molar-refractivity contribution < 1.29 is 13.2 Å². The Kier molecular flexibility index (Phi) is 6.18. The lowest BCUT2D eigenvalue weighted by molar-refractivity contribution is -0.125. The number of amides is 1. The van der Waals surface area contributed by atoms with Gasteiger partial charge in [-0.3, -0.25) is 4.79 Å². The van der Waals surface area contributed by atoms with Crippen LogP contribution in [0.15, 0.2) is 24.3 Å². The number of carbonyl (C=O) groups is 1. The van der Waals surface area contributed by atoms with Gasteiger partial charge in [-0.05, 0) is 30.4 Å². The minimum Gasteiger partial charge on any atom is -0.355 e. The molecule has 1 amide bonds. The highest BCUT2D eigenvalue weighted by molar-refractivity contribution is 7.89. The van der Waals surface area contributed by atoms with Gasteiger partial charge in [-0.25, -0.2) is 8.42 Å². The van der Waals surface area contributed by atoms with E-state index in [0.717, 1.165) is 24.8 Å². The van der Waals surface area contributed by atoms with E-state index in [2.05, 4.69) is 11.4 Å². The summed E-state index contributed by atoms with van der Waals surface area (Å²) in [5.74, 6) is -0.116.